The van der Waals surface area contributed by atoms with Gasteiger partial charge in [-0.3, -0.25) is 19.2 Å². The van der Waals surface area contributed by atoms with Gasteiger partial charge in [-0.15, -0.1) is 0 Å². The summed E-state index contributed by atoms with van der Waals surface area (Å²) in [6.07, 6.45) is 1.69. The van der Waals surface area contributed by atoms with Crippen LogP contribution in [0.4, 0.5) is 0 Å². The van der Waals surface area contributed by atoms with Gasteiger partial charge in [0.2, 0.25) is 23.6 Å². The Kier molecular flexibility index (Phi) is 9.97. The van der Waals surface area contributed by atoms with Gasteiger partial charge in [-0.25, -0.2) is 4.79 Å². The van der Waals surface area contributed by atoms with Crippen molar-refractivity contribution in [2.24, 2.45) is 17.4 Å². The molecule has 0 saturated carbocycles. The van der Waals surface area contributed by atoms with Crippen LogP contribution in [0, 0.1) is 5.92 Å². The van der Waals surface area contributed by atoms with Gasteiger partial charge in [0.15, 0.2) is 0 Å². The lowest BCUT2D eigenvalue weighted by Crippen LogP contribution is -2.58. The molecule has 2 rings (SSSR count). The molecule has 1 aromatic heterocycles. The van der Waals surface area contributed by atoms with Crippen molar-refractivity contribution in [2.45, 2.75) is 64.2 Å². The van der Waals surface area contributed by atoms with Gasteiger partial charge in [0, 0.05) is 29.9 Å². The highest BCUT2D eigenvalue weighted by Gasteiger charge is 2.31. The quantitative estimate of drug-likeness (QED) is 0.191. The fraction of sp³-hybridized carbons (Fsp3) is 0.458. The first-order valence-electron chi connectivity index (χ1n) is 11.6. The third-order valence-corrected chi connectivity index (χ3v) is 5.75. The maximum Gasteiger partial charge on any atom is 0.326 e. The molecule has 12 nitrogen and oxygen atoms in total. The van der Waals surface area contributed by atoms with Gasteiger partial charge in [0.25, 0.3) is 0 Å². The van der Waals surface area contributed by atoms with Gasteiger partial charge in [0.1, 0.15) is 18.1 Å². The number of aromatic amines is 1. The van der Waals surface area contributed by atoms with E-state index in [1.165, 1.54) is 6.92 Å². The van der Waals surface area contributed by atoms with E-state index in [1.807, 2.05) is 24.3 Å². The van der Waals surface area contributed by atoms with Crippen LogP contribution in [0.2, 0.25) is 0 Å². The summed E-state index contributed by atoms with van der Waals surface area (Å²) in [5, 5.41) is 18.1. The average molecular weight is 503 g/mol. The molecule has 0 spiro atoms. The van der Waals surface area contributed by atoms with E-state index in [4.69, 9.17) is 11.5 Å². The number of carboxylic acid groups (broad SMARTS) is 1. The summed E-state index contributed by atoms with van der Waals surface area (Å²) < 4.78 is 0. The number of fused-ring (bicyclic) bond motifs is 1. The minimum atomic E-state index is -1.23. The summed E-state index contributed by atoms with van der Waals surface area (Å²) in [5.74, 6) is -4.15. The van der Waals surface area contributed by atoms with Crippen molar-refractivity contribution < 1.29 is 29.1 Å². The zero-order valence-corrected chi connectivity index (χ0v) is 20.5. The Labute approximate surface area is 208 Å². The van der Waals surface area contributed by atoms with Gasteiger partial charge in [0.05, 0.1) is 6.04 Å². The third-order valence-electron chi connectivity index (χ3n) is 5.75. The van der Waals surface area contributed by atoms with Crippen LogP contribution in [-0.2, 0) is 30.4 Å². The number of amides is 4. The monoisotopic (exact) mass is 502 g/mol. The Morgan fingerprint density at radius 1 is 0.972 bits per heavy atom. The van der Waals surface area contributed by atoms with Gasteiger partial charge < -0.3 is 37.5 Å². The number of benzene rings is 1. The number of nitrogens with two attached hydrogens (primary N) is 2. The molecule has 36 heavy (non-hydrogen) atoms. The standard InChI is InChI=1S/C24H34N6O6/c1-12(2)20(30-21(32)13(3)28-22(33)16(25)8-9-19(26)31)23(34)29-18(24(35)36)10-14-11-27-17-7-5-4-6-15(14)17/h4-7,11-13,16,18,20,27H,8-10,25H2,1-3H3,(H2,26,31)(H,28,33)(H,29,34)(H,30,32)(H,35,36). The van der Waals surface area contributed by atoms with Crippen molar-refractivity contribution in [1.82, 2.24) is 20.9 Å². The molecule has 0 fully saturated rings. The van der Waals surface area contributed by atoms with Crippen LogP contribution < -0.4 is 27.4 Å². The predicted octanol–water partition coefficient (Wildman–Crippen LogP) is -0.482. The Morgan fingerprint density at radius 3 is 2.25 bits per heavy atom. The number of para-hydroxylation sites is 1. The van der Waals surface area contributed by atoms with Crippen LogP contribution in [0.1, 0.15) is 39.2 Å². The number of hydrogen-bond acceptors (Lipinski definition) is 6. The van der Waals surface area contributed by atoms with E-state index in [1.54, 1.807) is 20.0 Å². The van der Waals surface area contributed by atoms with Crippen LogP contribution in [0.15, 0.2) is 30.5 Å². The fourth-order valence-electron chi connectivity index (χ4n) is 3.61. The first-order valence-corrected chi connectivity index (χ1v) is 11.6. The molecule has 4 amide bonds. The number of carboxylic acids is 1. The lowest BCUT2D eigenvalue weighted by Gasteiger charge is -2.26. The van der Waals surface area contributed by atoms with Crippen LogP contribution in [-0.4, -0.2) is 63.9 Å². The number of nitrogens with one attached hydrogen (secondary N) is 4. The number of aromatic nitrogens is 1. The molecule has 0 aliphatic heterocycles. The summed E-state index contributed by atoms with van der Waals surface area (Å²) in [6, 6.07) is 3.07. The van der Waals surface area contributed by atoms with E-state index in [9.17, 15) is 29.1 Å². The number of aliphatic carboxylic acids is 1. The summed E-state index contributed by atoms with van der Waals surface area (Å²) >= 11 is 0. The lowest BCUT2D eigenvalue weighted by atomic mass is 10.0. The second-order valence-electron chi connectivity index (χ2n) is 9.04. The van der Waals surface area contributed by atoms with Crippen molar-refractivity contribution in [3.05, 3.63) is 36.0 Å². The zero-order chi connectivity index (χ0) is 27.0. The van der Waals surface area contributed by atoms with Crippen molar-refractivity contribution >= 4 is 40.5 Å². The van der Waals surface area contributed by atoms with Gasteiger partial charge >= 0.3 is 5.97 Å². The van der Waals surface area contributed by atoms with E-state index in [0.717, 1.165) is 16.5 Å². The van der Waals surface area contributed by atoms with E-state index < -0.39 is 53.8 Å². The number of hydrogen-bond donors (Lipinski definition) is 7. The first-order chi connectivity index (χ1) is 16.9. The molecule has 4 unspecified atom stereocenters. The molecule has 1 heterocycles. The van der Waals surface area contributed by atoms with Crippen LogP contribution >= 0.6 is 0 Å². The van der Waals surface area contributed by atoms with Crippen LogP contribution in [0.3, 0.4) is 0 Å². The minimum absolute atomic E-state index is 0.0273. The first kappa shape index (κ1) is 28.3. The molecule has 2 aromatic rings. The van der Waals surface area contributed by atoms with Crippen molar-refractivity contribution in [3.63, 3.8) is 0 Å². The summed E-state index contributed by atoms with van der Waals surface area (Å²) in [7, 11) is 0. The topological polar surface area (TPSA) is 209 Å². The molecule has 4 atom stereocenters. The average Bonchev–Trinajstić information content (AvgIpc) is 3.22. The molecule has 9 N–H and O–H groups in total. The SMILES string of the molecule is CC(NC(=O)C(N)CCC(N)=O)C(=O)NC(C(=O)NC(Cc1c[nH]c2ccccc12)C(=O)O)C(C)C. The van der Waals surface area contributed by atoms with Crippen molar-refractivity contribution in [2.75, 3.05) is 0 Å². The molecule has 0 saturated heterocycles. The Bertz CT molecular complexity index is 1110. The number of carbonyl (C=O) groups excluding carboxylic acids is 4. The summed E-state index contributed by atoms with van der Waals surface area (Å²) in [6.45, 7) is 4.81. The van der Waals surface area contributed by atoms with Crippen LogP contribution in [0.5, 0.6) is 0 Å². The molecule has 196 valence electrons. The maximum atomic E-state index is 13.0. The lowest BCUT2D eigenvalue weighted by molar-refractivity contribution is -0.142. The number of carbonyl (C=O) groups is 5. The normalized spacial score (nSPS) is 14.5. The number of H-pyrrole nitrogens is 1. The second kappa shape index (κ2) is 12.7. The van der Waals surface area contributed by atoms with Crippen LogP contribution in [0.25, 0.3) is 10.9 Å². The number of primary amides is 1. The van der Waals surface area contributed by atoms with Gasteiger partial charge in [-0.2, -0.15) is 0 Å². The van der Waals surface area contributed by atoms with E-state index >= 15 is 0 Å². The van der Waals surface area contributed by atoms with Gasteiger partial charge in [-0.1, -0.05) is 32.0 Å². The van der Waals surface area contributed by atoms with Gasteiger partial charge in [-0.05, 0) is 30.9 Å². The Balaban J connectivity index is 2.02. The number of rotatable bonds is 13. The molecule has 0 aliphatic carbocycles. The smallest absolute Gasteiger partial charge is 0.326 e. The van der Waals surface area contributed by atoms with E-state index in [0.29, 0.717) is 0 Å². The molecule has 12 heteroatoms. The highest BCUT2D eigenvalue weighted by Crippen LogP contribution is 2.19. The minimum Gasteiger partial charge on any atom is -0.480 e. The van der Waals surface area contributed by atoms with Crippen molar-refractivity contribution in [3.8, 4) is 0 Å². The van der Waals surface area contributed by atoms with E-state index in [-0.39, 0.29) is 25.2 Å². The highest BCUT2D eigenvalue weighted by atomic mass is 16.4. The zero-order valence-electron chi connectivity index (χ0n) is 20.5. The fourth-order valence-corrected chi connectivity index (χ4v) is 3.61. The molecular formula is C24H34N6O6. The maximum absolute atomic E-state index is 13.0. The summed E-state index contributed by atoms with van der Waals surface area (Å²) in [4.78, 5) is 63.7. The molecule has 0 radical (unpaired) electrons. The van der Waals surface area contributed by atoms with Crippen molar-refractivity contribution in [1.29, 1.82) is 0 Å². The Morgan fingerprint density at radius 2 is 1.64 bits per heavy atom. The summed E-state index contributed by atoms with van der Waals surface area (Å²) in [5.41, 5.74) is 12.3. The Hall–Kier alpha value is -3.93. The molecule has 0 aliphatic rings. The van der Waals surface area contributed by atoms with E-state index in [2.05, 4.69) is 20.9 Å². The predicted molar refractivity (Wildman–Crippen MR) is 132 cm³/mol. The molecule has 0 bridgehead atoms. The highest BCUT2D eigenvalue weighted by molar-refractivity contribution is 5.94. The third kappa shape index (κ3) is 7.80. The largest absolute Gasteiger partial charge is 0.480 e. The second-order valence-corrected chi connectivity index (χ2v) is 9.04. The molecule has 1 aromatic carbocycles. The molecular weight excluding hydrogens is 468 g/mol.